The second kappa shape index (κ2) is 4.49. The smallest absolute Gasteiger partial charge is 0.182 e. The van der Waals surface area contributed by atoms with Crippen LogP contribution in [0.25, 0.3) is 11.2 Å². The van der Waals surface area contributed by atoms with Crippen LogP contribution in [0, 0.1) is 0 Å². The summed E-state index contributed by atoms with van der Waals surface area (Å²) in [6, 6.07) is 0.450. The Kier molecular flexibility index (Phi) is 2.84. The van der Waals surface area contributed by atoms with Crippen molar-refractivity contribution < 1.29 is 0 Å². The van der Waals surface area contributed by atoms with Crippen molar-refractivity contribution in [1.82, 2.24) is 19.9 Å². The highest BCUT2D eigenvalue weighted by Crippen LogP contribution is 2.26. The molecule has 2 aromatic heterocycles. The van der Waals surface area contributed by atoms with Crippen LogP contribution in [0.15, 0.2) is 12.7 Å². The molecule has 3 rings (SSSR count). The molecule has 0 atom stereocenters. The van der Waals surface area contributed by atoms with E-state index in [0.29, 0.717) is 17.1 Å². The first kappa shape index (κ1) is 10.8. The topological polar surface area (TPSA) is 66.5 Å². The van der Waals surface area contributed by atoms with Crippen molar-refractivity contribution in [3.05, 3.63) is 12.7 Å². The number of alkyl halides is 1. The van der Waals surface area contributed by atoms with Crippen LogP contribution >= 0.6 is 11.6 Å². The van der Waals surface area contributed by atoms with Crippen molar-refractivity contribution in [2.45, 2.75) is 37.1 Å². The van der Waals surface area contributed by atoms with Crippen LogP contribution in [-0.4, -0.2) is 31.4 Å². The molecule has 0 bridgehead atoms. The van der Waals surface area contributed by atoms with Crippen molar-refractivity contribution >= 4 is 28.6 Å². The molecular formula is C11H14ClN5. The lowest BCUT2D eigenvalue weighted by molar-refractivity contribution is 0.468. The molecule has 1 aliphatic rings. The Hall–Kier alpha value is -1.36. The molecule has 2 N–H and O–H groups in total. The van der Waals surface area contributed by atoms with Gasteiger partial charge in [0.05, 0.1) is 6.33 Å². The third-order valence-electron chi connectivity index (χ3n) is 3.22. The summed E-state index contributed by atoms with van der Waals surface area (Å²) in [6.07, 6.45) is 7.49. The number of fused-ring (bicyclic) bond motifs is 1. The van der Waals surface area contributed by atoms with Crippen molar-refractivity contribution in [3.63, 3.8) is 0 Å². The highest BCUT2D eigenvalue weighted by molar-refractivity contribution is 6.20. The Labute approximate surface area is 104 Å². The van der Waals surface area contributed by atoms with Crippen LogP contribution in [0.4, 0.5) is 5.82 Å². The molecule has 0 spiro atoms. The lowest BCUT2D eigenvalue weighted by atomic mass is 9.95. The quantitative estimate of drug-likeness (QED) is 0.804. The fourth-order valence-electron chi connectivity index (χ4n) is 2.26. The average Bonchev–Trinajstić information content (AvgIpc) is 2.81. The molecule has 0 radical (unpaired) electrons. The first-order valence-corrected chi connectivity index (χ1v) is 6.31. The highest BCUT2D eigenvalue weighted by Gasteiger charge is 2.20. The average molecular weight is 252 g/mol. The van der Waals surface area contributed by atoms with E-state index >= 15 is 0 Å². The van der Waals surface area contributed by atoms with E-state index in [1.807, 2.05) is 0 Å². The molecule has 0 saturated heterocycles. The van der Waals surface area contributed by atoms with E-state index in [1.54, 1.807) is 12.7 Å². The number of hydrogen-bond donors (Lipinski definition) is 2. The fourth-order valence-corrected chi connectivity index (χ4v) is 2.52. The maximum Gasteiger partial charge on any atom is 0.182 e. The largest absolute Gasteiger partial charge is 0.365 e. The Morgan fingerprint density at radius 3 is 2.82 bits per heavy atom. The van der Waals surface area contributed by atoms with Crippen LogP contribution in [-0.2, 0) is 0 Å². The molecule has 6 heteroatoms. The second-order valence-corrected chi connectivity index (χ2v) is 5.03. The monoisotopic (exact) mass is 251 g/mol. The Morgan fingerprint density at radius 1 is 1.18 bits per heavy atom. The molecule has 0 amide bonds. The van der Waals surface area contributed by atoms with Crippen molar-refractivity contribution in [1.29, 1.82) is 0 Å². The molecule has 1 saturated carbocycles. The van der Waals surface area contributed by atoms with Crippen LogP contribution < -0.4 is 5.32 Å². The van der Waals surface area contributed by atoms with Crippen LogP contribution in [0.3, 0.4) is 0 Å². The van der Waals surface area contributed by atoms with Gasteiger partial charge in [0.15, 0.2) is 11.5 Å². The van der Waals surface area contributed by atoms with Gasteiger partial charge in [-0.05, 0) is 25.7 Å². The minimum Gasteiger partial charge on any atom is -0.365 e. The van der Waals surface area contributed by atoms with Crippen molar-refractivity contribution in [2.75, 3.05) is 5.32 Å². The first-order chi connectivity index (χ1) is 8.33. The van der Waals surface area contributed by atoms with Gasteiger partial charge in [-0.3, -0.25) is 0 Å². The number of aromatic nitrogens is 4. The summed E-state index contributed by atoms with van der Waals surface area (Å²) in [5.41, 5.74) is 1.58. The summed E-state index contributed by atoms with van der Waals surface area (Å²) in [7, 11) is 0. The highest BCUT2D eigenvalue weighted by atomic mass is 35.5. The number of H-pyrrole nitrogens is 1. The number of imidazole rings is 1. The van der Waals surface area contributed by atoms with Gasteiger partial charge in [0.1, 0.15) is 11.8 Å². The van der Waals surface area contributed by atoms with E-state index in [4.69, 9.17) is 11.6 Å². The first-order valence-electron chi connectivity index (χ1n) is 5.87. The molecule has 1 aliphatic carbocycles. The summed E-state index contributed by atoms with van der Waals surface area (Å²) in [4.78, 5) is 15.5. The molecular weight excluding hydrogens is 238 g/mol. The summed E-state index contributed by atoms with van der Waals surface area (Å²) in [6.45, 7) is 0. The van der Waals surface area contributed by atoms with Gasteiger partial charge in [-0.25, -0.2) is 15.0 Å². The van der Waals surface area contributed by atoms with Gasteiger partial charge in [-0.15, -0.1) is 11.6 Å². The maximum absolute atomic E-state index is 6.09. The molecule has 1 fully saturated rings. The van der Waals surface area contributed by atoms with Crippen molar-refractivity contribution in [3.8, 4) is 0 Å². The van der Waals surface area contributed by atoms with E-state index in [-0.39, 0.29) is 0 Å². The van der Waals surface area contributed by atoms with Gasteiger partial charge in [0.2, 0.25) is 0 Å². The van der Waals surface area contributed by atoms with Crippen LogP contribution in [0.5, 0.6) is 0 Å². The number of nitrogens with zero attached hydrogens (tertiary/aromatic N) is 3. The molecule has 90 valence electrons. The summed E-state index contributed by atoms with van der Waals surface area (Å²) in [5, 5.41) is 3.79. The number of nitrogens with one attached hydrogen (secondary N) is 2. The molecule has 2 aromatic rings. The van der Waals surface area contributed by atoms with Crippen molar-refractivity contribution in [2.24, 2.45) is 0 Å². The minimum atomic E-state index is 0.339. The lowest BCUT2D eigenvalue weighted by Crippen LogP contribution is -2.26. The van der Waals surface area contributed by atoms with E-state index in [1.165, 1.54) is 0 Å². The zero-order chi connectivity index (χ0) is 11.7. The van der Waals surface area contributed by atoms with E-state index in [2.05, 4.69) is 25.3 Å². The van der Waals surface area contributed by atoms with Gasteiger partial charge in [-0.1, -0.05) is 0 Å². The zero-order valence-electron chi connectivity index (χ0n) is 9.36. The SMILES string of the molecule is ClC1CCC(Nc2ncnc3nc[nH]c23)CC1. The van der Waals surface area contributed by atoms with E-state index in [9.17, 15) is 0 Å². The van der Waals surface area contributed by atoms with Crippen LogP contribution in [0.2, 0.25) is 0 Å². The lowest BCUT2D eigenvalue weighted by Gasteiger charge is -2.26. The zero-order valence-corrected chi connectivity index (χ0v) is 10.1. The summed E-state index contributed by atoms with van der Waals surface area (Å²) in [5.74, 6) is 0.838. The number of hydrogen-bond acceptors (Lipinski definition) is 4. The third kappa shape index (κ3) is 2.20. The Morgan fingerprint density at radius 2 is 2.00 bits per heavy atom. The molecule has 2 heterocycles. The second-order valence-electron chi connectivity index (χ2n) is 4.42. The minimum absolute atomic E-state index is 0.339. The predicted octanol–water partition coefficient (Wildman–Crippen LogP) is 2.31. The summed E-state index contributed by atoms with van der Waals surface area (Å²) >= 11 is 6.09. The van der Waals surface area contributed by atoms with Gasteiger partial charge in [-0.2, -0.15) is 0 Å². The Bertz CT molecular complexity index is 503. The number of anilines is 1. The maximum atomic E-state index is 6.09. The number of aromatic amines is 1. The fraction of sp³-hybridized carbons (Fsp3) is 0.545. The molecule has 0 aromatic carbocycles. The van der Waals surface area contributed by atoms with Gasteiger partial charge in [0, 0.05) is 11.4 Å². The molecule has 17 heavy (non-hydrogen) atoms. The third-order valence-corrected chi connectivity index (χ3v) is 3.66. The number of rotatable bonds is 2. The molecule has 0 unspecified atom stereocenters. The van der Waals surface area contributed by atoms with Gasteiger partial charge < -0.3 is 10.3 Å². The molecule has 5 nitrogen and oxygen atoms in total. The molecule has 0 aliphatic heterocycles. The standard InChI is InChI=1S/C11H14ClN5/c12-7-1-3-8(4-2-7)17-11-9-10(14-5-13-9)15-6-16-11/h5-8H,1-4H2,(H2,13,14,15,16,17). The Balaban J connectivity index is 1.78. The normalized spacial score (nSPS) is 25.0. The number of halogens is 1. The predicted molar refractivity (Wildman–Crippen MR) is 67.2 cm³/mol. The summed E-state index contributed by atoms with van der Waals surface area (Å²) < 4.78 is 0. The van der Waals surface area contributed by atoms with E-state index in [0.717, 1.165) is 37.0 Å². The van der Waals surface area contributed by atoms with Crippen LogP contribution in [0.1, 0.15) is 25.7 Å². The van der Waals surface area contributed by atoms with Gasteiger partial charge >= 0.3 is 0 Å². The van der Waals surface area contributed by atoms with Gasteiger partial charge in [0.25, 0.3) is 0 Å². The van der Waals surface area contributed by atoms with E-state index < -0.39 is 0 Å².